The van der Waals surface area contributed by atoms with Crippen LogP contribution in [-0.4, -0.2) is 47.6 Å². The van der Waals surface area contributed by atoms with Crippen LogP contribution in [0.25, 0.3) is 0 Å². The van der Waals surface area contributed by atoms with Crippen LogP contribution in [0.4, 0.5) is 4.79 Å². The zero-order chi connectivity index (χ0) is 12.9. The topological polar surface area (TPSA) is 41.6 Å². The molecule has 0 aliphatic carbocycles. The lowest BCUT2D eigenvalue weighted by Gasteiger charge is -2.23. The molecule has 100 valence electrons. The monoisotopic (exact) mass is 306 g/mol. The predicted octanol–water partition coefficient (Wildman–Crippen LogP) is 2.37. The first-order valence-electron chi connectivity index (χ1n) is 6.21. The molecule has 2 fully saturated rings. The summed E-state index contributed by atoms with van der Waals surface area (Å²) < 4.78 is 5.21. The number of ether oxygens (including phenoxy) is 1. The average molecular weight is 307 g/mol. The maximum atomic E-state index is 11.4. The summed E-state index contributed by atoms with van der Waals surface area (Å²) in [5, 5.41) is 3.11. The van der Waals surface area contributed by atoms with Crippen LogP contribution < -0.4 is 5.32 Å². The summed E-state index contributed by atoms with van der Waals surface area (Å²) in [4.78, 5) is 13.9. The average Bonchev–Trinajstić information content (AvgIpc) is 2.65. The molecule has 0 aromatic carbocycles. The van der Waals surface area contributed by atoms with E-state index < -0.39 is 0 Å². The van der Waals surface area contributed by atoms with Crippen molar-refractivity contribution in [1.82, 2.24) is 10.2 Å². The van der Waals surface area contributed by atoms with Crippen molar-refractivity contribution in [2.75, 3.05) is 26.2 Å². The van der Waals surface area contributed by atoms with Crippen molar-refractivity contribution in [1.29, 1.82) is 0 Å². The summed E-state index contributed by atoms with van der Waals surface area (Å²) in [6.07, 6.45) is 2.05. The van der Waals surface area contributed by atoms with Crippen LogP contribution in [0.15, 0.2) is 0 Å². The maximum absolute atomic E-state index is 11.4. The van der Waals surface area contributed by atoms with Gasteiger partial charge in [-0.3, -0.25) is 0 Å². The van der Waals surface area contributed by atoms with Gasteiger partial charge in [-0.15, -0.1) is 0 Å². The highest BCUT2D eigenvalue weighted by molar-refractivity contribution is 9.09. The Morgan fingerprint density at radius 3 is 2.06 bits per heavy atom. The van der Waals surface area contributed by atoms with Crippen LogP contribution in [0.1, 0.15) is 33.6 Å². The maximum Gasteiger partial charge on any atom is 0.410 e. The molecule has 1 amide bonds. The van der Waals surface area contributed by atoms with Gasteiger partial charge in [0.2, 0.25) is 0 Å². The molecule has 4 nitrogen and oxygen atoms in total. The minimum Gasteiger partial charge on any atom is -0.444 e. The van der Waals surface area contributed by atoms with Crippen molar-refractivity contribution < 1.29 is 9.53 Å². The Morgan fingerprint density at radius 1 is 1.29 bits per heavy atom. The lowest BCUT2D eigenvalue weighted by Crippen LogP contribution is -2.42. The molecule has 2 rings (SSSR count). The summed E-state index contributed by atoms with van der Waals surface area (Å²) >= 11 is 3.40. The number of hydrogen-bond donors (Lipinski definition) is 1. The Bertz CT molecular complexity index is 243. The molecule has 0 unspecified atom stereocenters. The van der Waals surface area contributed by atoms with Gasteiger partial charge >= 0.3 is 6.09 Å². The number of rotatable bonds is 0. The molecule has 2 saturated heterocycles. The van der Waals surface area contributed by atoms with Crippen molar-refractivity contribution in [2.45, 2.75) is 44.0 Å². The summed E-state index contributed by atoms with van der Waals surface area (Å²) in [6, 6.07) is 0. The van der Waals surface area contributed by atoms with Gasteiger partial charge in [0, 0.05) is 31.0 Å². The van der Waals surface area contributed by atoms with Crippen molar-refractivity contribution in [3.63, 3.8) is 0 Å². The van der Waals surface area contributed by atoms with Crippen LogP contribution in [-0.2, 0) is 4.74 Å². The molecule has 0 saturated carbocycles. The smallest absolute Gasteiger partial charge is 0.410 e. The van der Waals surface area contributed by atoms with Crippen molar-refractivity contribution in [3.05, 3.63) is 0 Å². The Hall–Kier alpha value is -0.290. The molecular weight excluding hydrogens is 284 g/mol. The van der Waals surface area contributed by atoms with Crippen molar-refractivity contribution in [2.24, 2.45) is 0 Å². The van der Waals surface area contributed by atoms with Gasteiger partial charge in [-0.05, 0) is 33.6 Å². The number of likely N-dealkylation sites (tertiary alicyclic amines) is 1. The normalized spacial score (nSPS) is 20.4. The second kappa shape index (κ2) is 6.59. The highest BCUT2D eigenvalue weighted by atomic mass is 79.9. The SMILES string of the molecule is BrC1CNC1.CC(C)(C)OC(=O)N1CCCC1. The summed E-state index contributed by atoms with van der Waals surface area (Å²) in [5.74, 6) is 0. The van der Waals surface area contributed by atoms with E-state index >= 15 is 0 Å². The molecule has 5 heteroatoms. The van der Waals surface area contributed by atoms with Gasteiger partial charge < -0.3 is 15.0 Å². The third-order valence-corrected chi connectivity index (χ3v) is 3.14. The van der Waals surface area contributed by atoms with E-state index in [0.717, 1.165) is 43.8 Å². The Kier molecular flexibility index (Phi) is 5.73. The fourth-order valence-electron chi connectivity index (χ4n) is 1.48. The van der Waals surface area contributed by atoms with Crippen LogP contribution in [0.2, 0.25) is 0 Å². The van der Waals surface area contributed by atoms with Gasteiger partial charge in [-0.25, -0.2) is 4.79 Å². The first-order chi connectivity index (χ1) is 7.88. The minimum atomic E-state index is -0.361. The van der Waals surface area contributed by atoms with Crippen LogP contribution in [0.5, 0.6) is 0 Å². The van der Waals surface area contributed by atoms with Crippen molar-refractivity contribution >= 4 is 22.0 Å². The third kappa shape index (κ3) is 6.27. The van der Waals surface area contributed by atoms with Crippen LogP contribution in [0.3, 0.4) is 0 Å². The van der Waals surface area contributed by atoms with Gasteiger partial charge in [0.05, 0.1) is 0 Å². The summed E-state index contributed by atoms with van der Waals surface area (Å²) in [6.45, 7) is 9.69. The molecule has 0 radical (unpaired) electrons. The Morgan fingerprint density at radius 2 is 1.76 bits per heavy atom. The number of amides is 1. The lowest BCUT2D eigenvalue weighted by molar-refractivity contribution is 0.0295. The van der Waals surface area contributed by atoms with Crippen LogP contribution in [0, 0.1) is 0 Å². The second-order valence-electron chi connectivity index (χ2n) is 5.43. The Labute approximate surface area is 112 Å². The van der Waals surface area contributed by atoms with Gasteiger partial charge in [0.15, 0.2) is 0 Å². The molecule has 17 heavy (non-hydrogen) atoms. The van der Waals surface area contributed by atoms with E-state index in [1.165, 1.54) is 0 Å². The molecule has 1 N–H and O–H groups in total. The second-order valence-corrected chi connectivity index (χ2v) is 6.72. The highest BCUT2D eigenvalue weighted by Gasteiger charge is 2.23. The Balaban J connectivity index is 0.000000239. The van der Waals surface area contributed by atoms with Gasteiger partial charge in [0.25, 0.3) is 0 Å². The fourth-order valence-corrected chi connectivity index (χ4v) is 1.94. The lowest BCUT2D eigenvalue weighted by atomic mass is 10.2. The molecule has 0 atom stereocenters. The van der Waals surface area contributed by atoms with Gasteiger partial charge in [0.1, 0.15) is 5.60 Å². The molecule has 0 aromatic rings. The predicted molar refractivity (Wildman–Crippen MR) is 72.6 cm³/mol. The number of alkyl halides is 1. The number of hydrogen-bond acceptors (Lipinski definition) is 3. The van der Waals surface area contributed by atoms with Crippen molar-refractivity contribution in [3.8, 4) is 0 Å². The number of halogens is 1. The van der Waals surface area contributed by atoms with Gasteiger partial charge in [-0.2, -0.15) is 0 Å². The van der Waals surface area contributed by atoms with E-state index in [1.54, 1.807) is 4.90 Å². The molecule has 2 aliphatic rings. The number of nitrogens with zero attached hydrogens (tertiary/aromatic N) is 1. The van der Waals surface area contributed by atoms with E-state index in [0.29, 0.717) is 0 Å². The quantitative estimate of drug-likeness (QED) is 0.699. The van der Waals surface area contributed by atoms with E-state index in [1.807, 2.05) is 20.8 Å². The molecule has 0 aromatic heterocycles. The molecular formula is C12H23BrN2O2. The van der Waals surface area contributed by atoms with Gasteiger partial charge in [-0.1, -0.05) is 15.9 Å². The molecule has 0 bridgehead atoms. The zero-order valence-corrected chi connectivity index (χ0v) is 12.5. The standard InChI is InChI=1S/C9H17NO2.C3H6BrN/c1-9(2,3)12-8(11)10-6-4-5-7-10;4-3-1-5-2-3/h4-7H2,1-3H3;3,5H,1-2H2. The summed E-state index contributed by atoms with van der Waals surface area (Å²) in [7, 11) is 0. The highest BCUT2D eigenvalue weighted by Crippen LogP contribution is 2.14. The largest absolute Gasteiger partial charge is 0.444 e. The number of carbonyl (C=O) groups excluding carboxylic acids is 1. The molecule has 2 aliphatic heterocycles. The molecule has 0 spiro atoms. The number of carbonyl (C=O) groups is 1. The zero-order valence-electron chi connectivity index (χ0n) is 11.0. The minimum absolute atomic E-state index is 0.167. The van der Waals surface area contributed by atoms with E-state index in [2.05, 4.69) is 21.2 Å². The summed E-state index contributed by atoms with van der Waals surface area (Å²) in [5.41, 5.74) is -0.361. The fraction of sp³-hybridized carbons (Fsp3) is 0.917. The number of nitrogens with one attached hydrogen (secondary N) is 1. The van der Waals surface area contributed by atoms with Crippen LogP contribution >= 0.6 is 15.9 Å². The van der Waals surface area contributed by atoms with E-state index in [-0.39, 0.29) is 11.7 Å². The van der Waals surface area contributed by atoms with E-state index in [9.17, 15) is 4.79 Å². The first-order valence-corrected chi connectivity index (χ1v) is 7.13. The first kappa shape index (κ1) is 14.8. The van der Waals surface area contributed by atoms with E-state index in [4.69, 9.17) is 4.74 Å². The molecule has 2 heterocycles. The third-order valence-electron chi connectivity index (χ3n) is 2.49.